The molecule has 0 radical (unpaired) electrons. The molecule has 144 valence electrons. The summed E-state index contributed by atoms with van der Waals surface area (Å²) in [5.74, 6) is 0.871. The molecular formula is C20H23N2O5-. The maximum atomic E-state index is 13.1. The van der Waals surface area contributed by atoms with Crippen molar-refractivity contribution >= 4 is 23.2 Å². The molecule has 0 bridgehead atoms. The number of unbranched alkanes of at least 4 members (excludes halogenated alkanes) is 1. The SMILES string of the molecule is CCCCOc1c(CNC(=O)[O-])n(CC2CC2)c(=O)c2ccc(C=O)cc12. The molecule has 0 spiro atoms. The number of amides is 1. The average molecular weight is 371 g/mol. The molecule has 1 aliphatic rings. The molecule has 1 amide bonds. The van der Waals surface area contributed by atoms with E-state index in [0.29, 0.717) is 53.1 Å². The van der Waals surface area contributed by atoms with Crippen LogP contribution in [0.25, 0.3) is 10.8 Å². The summed E-state index contributed by atoms with van der Waals surface area (Å²) >= 11 is 0. The van der Waals surface area contributed by atoms with Crippen LogP contribution in [0, 0.1) is 5.92 Å². The molecule has 1 aromatic carbocycles. The Morgan fingerprint density at radius 2 is 2.15 bits per heavy atom. The highest BCUT2D eigenvalue weighted by atomic mass is 16.5. The quantitative estimate of drug-likeness (QED) is 0.535. The van der Waals surface area contributed by atoms with E-state index in [9.17, 15) is 19.5 Å². The van der Waals surface area contributed by atoms with Gasteiger partial charge in [-0.15, -0.1) is 0 Å². The Balaban J connectivity index is 2.20. The van der Waals surface area contributed by atoms with E-state index < -0.39 is 6.09 Å². The maximum absolute atomic E-state index is 13.1. The first-order chi connectivity index (χ1) is 13.0. The minimum Gasteiger partial charge on any atom is -0.530 e. The predicted octanol–water partition coefficient (Wildman–Crippen LogP) is 1.84. The minimum atomic E-state index is -1.42. The molecule has 7 nitrogen and oxygen atoms in total. The van der Waals surface area contributed by atoms with Crippen LogP contribution in [0.5, 0.6) is 5.75 Å². The van der Waals surface area contributed by atoms with Gasteiger partial charge in [-0.05, 0) is 37.3 Å². The molecule has 1 aromatic heterocycles. The summed E-state index contributed by atoms with van der Waals surface area (Å²) < 4.78 is 7.60. The fourth-order valence-corrected chi connectivity index (χ4v) is 3.12. The number of fused-ring (bicyclic) bond motifs is 1. The van der Waals surface area contributed by atoms with Crippen molar-refractivity contribution in [2.24, 2.45) is 5.92 Å². The van der Waals surface area contributed by atoms with Crippen molar-refractivity contribution in [1.29, 1.82) is 0 Å². The Labute approximate surface area is 156 Å². The standard InChI is InChI=1S/C20H24N2O5/c1-2-3-8-27-18-16-9-14(12-23)6-7-15(16)19(24)22(11-13-4-5-13)17(18)10-21-20(25)26/h6-7,9,12-13,21H,2-5,8,10-11H2,1H3,(H,25,26)/p-1. The minimum absolute atomic E-state index is 0.0903. The molecule has 0 aliphatic heterocycles. The molecule has 0 unspecified atom stereocenters. The molecule has 2 aromatic rings. The molecule has 1 N–H and O–H groups in total. The van der Waals surface area contributed by atoms with E-state index in [4.69, 9.17) is 4.74 Å². The number of pyridine rings is 1. The van der Waals surface area contributed by atoms with Crippen LogP contribution >= 0.6 is 0 Å². The number of benzene rings is 1. The van der Waals surface area contributed by atoms with Crippen LogP contribution in [-0.4, -0.2) is 23.6 Å². The lowest BCUT2D eigenvalue weighted by Gasteiger charge is -2.21. The van der Waals surface area contributed by atoms with Gasteiger partial charge < -0.3 is 24.5 Å². The fraction of sp³-hybridized carbons (Fsp3) is 0.450. The van der Waals surface area contributed by atoms with Crippen LogP contribution < -0.4 is 20.7 Å². The van der Waals surface area contributed by atoms with Crippen LogP contribution in [0.2, 0.25) is 0 Å². The molecule has 1 heterocycles. The van der Waals surface area contributed by atoms with Gasteiger partial charge in [0.15, 0.2) is 0 Å². The zero-order valence-corrected chi connectivity index (χ0v) is 15.3. The number of nitrogens with zero attached hydrogens (tertiary/aromatic N) is 1. The van der Waals surface area contributed by atoms with E-state index in [0.717, 1.165) is 25.7 Å². The Bertz CT molecular complexity index is 915. The zero-order chi connectivity index (χ0) is 19.4. The Morgan fingerprint density at radius 3 is 2.78 bits per heavy atom. The van der Waals surface area contributed by atoms with Gasteiger partial charge in [-0.2, -0.15) is 0 Å². The predicted molar refractivity (Wildman–Crippen MR) is 99.0 cm³/mol. The van der Waals surface area contributed by atoms with Gasteiger partial charge in [0.05, 0.1) is 24.2 Å². The van der Waals surface area contributed by atoms with Crippen LogP contribution in [0.1, 0.15) is 48.7 Å². The van der Waals surface area contributed by atoms with E-state index in [1.54, 1.807) is 22.8 Å². The highest BCUT2D eigenvalue weighted by Gasteiger charge is 2.26. The zero-order valence-electron chi connectivity index (χ0n) is 15.3. The van der Waals surface area contributed by atoms with Gasteiger partial charge in [-0.1, -0.05) is 19.4 Å². The summed E-state index contributed by atoms with van der Waals surface area (Å²) in [6.45, 7) is 2.92. The third-order valence-electron chi connectivity index (χ3n) is 4.77. The van der Waals surface area contributed by atoms with Crippen molar-refractivity contribution in [2.75, 3.05) is 6.61 Å². The highest BCUT2D eigenvalue weighted by Crippen LogP contribution is 2.34. The molecule has 7 heteroatoms. The average Bonchev–Trinajstić information content (AvgIpc) is 3.48. The van der Waals surface area contributed by atoms with E-state index in [2.05, 4.69) is 5.32 Å². The summed E-state index contributed by atoms with van der Waals surface area (Å²) in [6.07, 6.45) is 3.16. The van der Waals surface area contributed by atoms with Crippen molar-refractivity contribution in [3.05, 3.63) is 39.8 Å². The second-order valence-corrected chi connectivity index (χ2v) is 6.90. The second-order valence-electron chi connectivity index (χ2n) is 6.90. The van der Waals surface area contributed by atoms with Crippen molar-refractivity contribution in [2.45, 2.75) is 45.7 Å². The van der Waals surface area contributed by atoms with Gasteiger partial charge in [-0.3, -0.25) is 9.59 Å². The number of carbonyl (C=O) groups excluding carboxylic acids is 2. The topological polar surface area (TPSA) is 100 Å². The van der Waals surface area contributed by atoms with Gasteiger partial charge in [0.2, 0.25) is 0 Å². The number of hydrogen-bond acceptors (Lipinski definition) is 5. The fourth-order valence-electron chi connectivity index (χ4n) is 3.12. The number of carboxylic acid groups (broad SMARTS) is 1. The summed E-state index contributed by atoms with van der Waals surface area (Å²) in [5, 5.41) is 14.2. The van der Waals surface area contributed by atoms with Crippen molar-refractivity contribution < 1.29 is 19.4 Å². The summed E-state index contributed by atoms with van der Waals surface area (Å²) in [6, 6.07) is 4.86. The van der Waals surface area contributed by atoms with E-state index >= 15 is 0 Å². The summed E-state index contributed by atoms with van der Waals surface area (Å²) in [7, 11) is 0. The number of aromatic nitrogens is 1. The molecule has 1 fully saturated rings. The molecule has 1 aliphatic carbocycles. The lowest BCUT2D eigenvalue weighted by atomic mass is 10.1. The molecular weight excluding hydrogens is 348 g/mol. The smallest absolute Gasteiger partial charge is 0.258 e. The van der Waals surface area contributed by atoms with Crippen LogP contribution in [0.3, 0.4) is 0 Å². The third-order valence-corrected chi connectivity index (χ3v) is 4.77. The molecule has 1 saturated carbocycles. The first kappa shape index (κ1) is 18.9. The van der Waals surface area contributed by atoms with E-state index in [1.807, 2.05) is 6.92 Å². The monoisotopic (exact) mass is 371 g/mol. The van der Waals surface area contributed by atoms with Crippen LogP contribution in [0.4, 0.5) is 4.79 Å². The van der Waals surface area contributed by atoms with Gasteiger partial charge in [0.1, 0.15) is 18.1 Å². The number of aldehydes is 1. The number of hydrogen-bond donors (Lipinski definition) is 1. The third kappa shape index (κ3) is 4.30. The van der Waals surface area contributed by atoms with Crippen molar-refractivity contribution in [3.63, 3.8) is 0 Å². The normalized spacial score (nSPS) is 13.5. The van der Waals surface area contributed by atoms with Crippen molar-refractivity contribution in [3.8, 4) is 5.75 Å². The van der Waals surface area contributed by atoms with Gasteiger partial charge in [0, 0.05) is 17.5 Å². The lowest BCUT2D eigenvalue weighted by molar-refractivity contribution is -0.251. The number of rotatable bonds is 9. The molecule has 3 rings (SSSR count). The van der Waals surface area contributed by atoms with Gasteiger partial charge in [-0.25, -0.2) is 0 Å². The number of nitrogens with one attached hydrogen (secondary N) is 1. The maximum Gasteiger partial charge on any atom is 0.258 e. The Kier molecular flexibility index (Phi) is 5.78. The van der Waals surface area contributed by atoms with E-state index in [1.165, 1.54) is 0 Å². The lowest BCUT2D eigenvalue weighted by Crippen LogP contribution is -2.38. The van der Waals surface area contributed by atoms with Crippen LogP contribution in [0.15, 0.2) is 23.0 Å². The highest BCUT2D eigenvalue weighted by molar-refractivity contribution is 5.93. The van der Waals surface area contributed by atoms with Crippen LogP contribution in [-0.2, 0) is 13.1 Å². The molecule has 0 atom stereocenters. The van der Waals surface area contributed by atoms with Crippen molar-refractivity contribution in [1.82, 2.24) is 9.88 Å². The molecule has 27 heavy (non-hydrogen) atoms. The summed E-state index contributed by atoms with van der Waals surface area (Å²) in [4.78, 5) is 35.2. The first-order valence-electron chi connectivity index (χ1n) is 9.27. The van der Waals surface area contributed by atoms with Gasteiger partial charge in [0.25, 0.3) is 5.56 Å². The van der Waals surface area contributed by atoms with E-state index in [-0.39, 0.29) is 12.1 Å². The Hall–Kier alpha value is -2.83. The van der Waals surface area contributed by atoms with Gasteiger partial charge >= 0.3 is 0 Å². The first-order valence-corrected chi connectivity index (χ1v) is 9.27. The number of carbonyl (C=O) groups is 2. The number of ether oxygens (including phenoxy) is 1. The largest absolute Gasteiger partial charge is 0.530 e. The molecule has 0 saturated heterocycles. The summed E-state index contributed by atoms with van der Waals surface area (Å²) in [5.41, 5.74) is 0.705. The second kappa shape index (κ2) is 8.24. The Morgan fingerprint density at radius 1 is 1.37 bits per heavy atom.